The molecule has 2 aromatic rings. The summed E-state index contributed by atoms with van der Waals surface area (Å²) in [6, 6.07) is 10.8. The van der Waals surface area contributed by atoms with Gasteiger partial charge in [-0.15, -0.1) is 0 Å². The molecule has 6 heteroatoms. The third-order valence-corrected chi connectivity index (χ3v) is 3.37. The van der Waals surface area contributed by atoms with E-state index in [0.29, 0.717) is 17.1 Å². The molecule has 5 nitrogen and oxygen atoms in total. The predicted molar refractivity (Wildman–Crippen MR) is 83.3 cm³/mol. The van der Waals surface area contributed by atoms with Crippen LogP contribution in [0.15, 0.2) is 48.8 Å². The molecule has 0 spiro atoms. The van der Waals surface area contributed by atoms with Crippen molar-refractivity contribution in [3.05, 3.63) is 64.9 Å². The Morgan fingerprint density at radius 2 is 1.91 bits per heavy atom. The lowest BCUT2D eigenvalue weighted by atomic mass is 10.1. The molecule has 0 aliphatic rings. The second kappa shape index (κ2) is 7.56. The average molecular weight is 319 g/mol. The van der Waals surface area contributed by atoms with Gasteiger partial charge in [0.15, 0.2) is 12.4 Å². The van der Waals surface area contributed by atoms with E-state index in [1.165, 1.54) is 0 Å². The van der Waals surface area contributed by atoms with Gasteiger partial charge in [-0.2, -0.15) is 4.57 Å². The van der Waals surface area contributed by atoms with Crippen LogP contribution in [0.2, 0.25) is 5.02 Å². The number of primary amides is 1. The molecule has 0 bridgehead atoms. The van der Waals surface area contributed by atoms with Crippen LogP contribution in [-0.4, -0.2) is 18.4 Å². The first-order chi connectivity index (χ1) is 10.5. The molecule has 0 aliphatic heterocycles. The topological polar surface area (TPSA) is 76.1 Å². The minimum atomic E-state index is -0.516. The number of nitrogens with two attached hydrogens (primary N) is 1. The Morgan fingerprint density at radius 3 is 2.59 bits per heavy atom. The number of nitrogens with one attached hydrogen (secondary N) is 1. The van der Waals surface area contributed by atoms with Gasteiger partial charge in [-0.1, -0.05) is 23.7 Å². The fraction of sp³-hybridized carbons (Fsp3) is 0.188. The van der Waals surface area contributed by atoms with E-state index in [4.69, 9.17) is 17.3 Å². The maximum absolute atomic E-state index is 11.9. The number of carbonyl (C=O) groups is 2. The van der Waals surface area contributed by atoms with Gasteiger partial charge in [-0.05, 0) is 30.2 Å². The highest BCUT2D eigenvalue weighted by molar-refractivity contribution is 6.30. The molecular formula is C16H17ClN3O2+. The molecule has 0 saturated heterocycles. The van der Waals surface area contributed by atoms with Crippen LogP contribution in [0.3, 0.4) is 0 Å². The lowest BCUT2D eigenvalue weighted by Crippen LogP contribution is -2.43. The number of carbonyl (C=O) groups excluding carboxylic acids is 2. The zero-order chi connectivity index (χ0) is 15.9. The fourth-order valence-corrected chi connectivity index (χ4v) is 2.11. The number of amides is 2. The van der Waals surface area contributed by atoms with Crippen LogP contribution in [0.1, 0.15) is 15.9 Å². The van der Waals surface area contributed by atoms with E-state index in [2.05, 4.69) is 5.32 Å². The molecule has 1 heterocycles. The lowest BCUT2D eigenvalue weighted by Gasteiger charge is -2.04. The van der Waals surface area contributed by atoms with E-state index >= 15 is 0 Å². The average Bonchev–Trinajstić information content (AvgIpc) is 2.49. The summed E-state index contributed by atoms with van der Waals surface area (Å²) in [5.74, 6) is -0.641. The minimum Gasteiger partial charge on any atom is -0.365 e. The van der Waals surface area contributed by atoms with Crippen molar-refractivity contribution in [1.82, 2.24) is 5.32 Å². The monoisotopic (exact) mass is 318 g/mol. The summed E-state index contributed by atoms with van der Waals surface area (Å²) in [5.41, 5.74) is 6.68. The first kappa shape index (κ1) is 16.0. The van der Waals surface area contributed by atoms with Crippen LogP contribution in [0.4, 0.5) is 0 Å². The van der Waals surface area contributed by atoms with E-state index in [9.17, 15) is 9.59 Å². The Kier molecular flexibility index (Phi) is 5.49. The van der Waals surface area contributed by atoms with Crippen molar-refractivity contribution < 1.29 is 14.2 Å². The van der Waals surface area contributed by atoms with Crippen molar-refractivity contribution in [2.45, 2.75) is 13.0 Å². The van der Waals surface area contributed by atoms with Gasteiger partial charge in [0.25, 0.3) is 11.8 Å². The first-order valence-corrected chi connectivity index (χ1v) is 7.22. The minimum absolute atomic E-state index is 0.124. The van der Waals surface area contributed by atoms with Crippen molar-refractivity contribution in [3.8, 4) is 0 Å². The molecular weight excluding hydrogens is 302 g/mol. The molecule has 1 aromatic heterocycles. The molecule has 114 valence electrons. The van der Waals surface area contributed by atoms with Crippen LogP contribution < -0.4 is 15.6 Å². The SMILES string of the molecule is NC(=O)c1ccc[n+](CC(=O)NCCc2ccc(Cl)cc2)c1. The van der Waals surface area contributed by atoms with Crippen molar-refractivity contribution >= 4 is 23.4 Å². The van der Waals surface area contributed by atoms with E-state index in [1.807, 2.05) is 24.3 Å². The maximum atomic E-state index is 11.9. The van der Waals surface area contributed by atoms with Gasteiger partial charge in [-0.3, -0.25) is 9.59 Å². The van der Waals surface area contributed by atoms with E-state index in [1.54, 1.807) is 29.1 Å². The molecule has 2 amide bonds. The number of nitrogens with zero attached hydrogens (tertiary/aromatic N) is 1. The Balaban J connectivity index is 1.81. The summed E-state index contributed by atoms with van der Waals surface area (Å²) in [4.78, 5) is 23.0. The number of halogens is 1. The molecule has 0 radical (unpaired) electrons. The number of aromatic nitrogens is 1. The zero-order valence-corrected chi connectivity index (χ0v) is 12.7. The van der Waals surface area contributed by atoms with E-state index in [-0.39, 0.29) is 12.5 Å². The summed E-state index contributed by atoms with van der Waals surface area (Å²) in [5, 5.41) is 3.53. The number of benzene rings is 1. The van der Waals surface area contributed by atoms with Crippen molar-refractivity contribution in [1.29, 1.82) is 0 Å². The Hall–Kier alpha value is -2.40. The quantitative estimate of drug-likeness (QED) is 0.782. The second-order valence-electron chi connectivity index (χ2n) is 4.86. The van der Waals surface area contributed by atoms with Crippen molar-refractivity contribution in [3.63, 3.8) is 0 Å². The number of hydrogen-bond acceptors (Lipinski definition) is 2. The third-order valence-electron chi connectivity index (χ3n) is 3.12. The third kappa shape index (κ3) is 4.86. The highest BCUT2D eigenvalue weighted by atomic mass is 35.5. The van der Waals surface area contributed by atoms with Crippen LogP contribution in [0.5, 0.6) is 0 Å². The molecule has 0 aliphatic carbocycles. The molecule has 0 saturated carbocycles. The summed E-state index contributed by atoms with van der Waals surface area (Å²) < 4.78 is 1.62. The lowest BCUT2D eigenvalue weighted by molar-refractivity contribution is -0.684. The van der Waals surface area contributed by atoms with Gasteiger partial charge < -0.3 is 11.1 Å². The molecule has 3 N–H and O–H groups in total. The molecule has 2 rings (SSSR count). The Morgan fingerprint density at radius 1 is 1.18 bits per heavy atom. The van der Waals surface area contributed by atoms with Gasteiger partial charge in [0.2, 0.25) is 6.54 Å². The van der Waals surface area contributed by atoms with Crippen molar-refractivity contribution in [2.24, 2.45) is 5.73 Å². The van der Waals surface area contributed by atoms with Gasteiger partial charge in [0.1, 0.15) is 5.56 Å². The summed E-state index contributed by atoms with van der Waals surface area (Å²) in [7, 11) is 0. The second-order valence-corrected chi connectivity index (χ2v) is 5.29. The van der Waals surface area contributed by atoms with Crippen LogP contribution in [0.25, 0.3) is 0 Å². The molecule has 0 fully saturated rings. The normalized spacial score (nSPS) is 10.2. The zero-order valence-electron chi connectivity index (χ0n) is 12.0. The van der Waals surface area contributed by atoms with Crippen LogP contribution in [0, 0.1) is 0 Å². The maximum Gasteiger partial charge on any atom is 0.285 e. The highest BCUT2D eigenvalue weighted by Crippen LogP contribution is 2.09. The number of hydrogen-bond donors (Lipinski definition) is 2. The van der Waals surface area contributed by atoms with Crippen molar-refractivity contribution in [2.75, 3.05) is 6.54 Å². The molecule has 1 aromatic carbocycles. The highest BCUT2D eigenvalue weighted by Gasteiger charge is 2.11. The van der Waals surface area contributed by atoms with E-state index in [0.717, 1.165) is 12.0 Å². The molecule has 22 heavy (non-hydrogen) atoms. The number of pyridine rings is 1. The largest absolute Gasteiger partial charge is 0.365 e. The first-order valence-electron chi connectivity index (χ1n) is 6.84. The van der Waals surface area contributed by atoms with E-state index < -0.39 is 5.91 Å². The fourth-order valence-electron chi connectivity index (χ4n) is 1.99. The Bertz CT molecular complexity index is 671. The van der Waals surface area contributed by atoms with Gasteiger partial charge >= 0.3 is 0 Å². The standard InChI is InChI=1S/C16H16ClN3O2/c17-14-5-3-12(4-6-14)7-8-19-15(21)11-20-9-1-2-13(10-20)16(18)22/h1-6,9-10H,7-8,11H2,(H2-,18,19,21,22)/p+1. The summed E-state index contributed by atoms with van der Waals surface area (Å²) in [6.07, 6.45) is 4.00. The van der Waals surface area contributed by atoms with Crippen LogP contribution >= 0.6 is 11.6 Å². The van der Waals surface area contributed by atoms with Gasteiger partial charge in [0.05, 0.1) is 0 Å². The van der Waals surface area contributed by atoms with Crippen LogP contribution in [-0.2, 0) is 17.8 Å². The smallest absolute Gasteiger partial charge is 0.285 e. The number of rotatable bonds is 6. The Labute approximate surface area is 133 Å². The summed E-state index contributed by atoms with van der Waals surface area (Å²) >= 11 is 5.82. The molecule has 0 unspecified atom stereocenters. The molecule has 0 atom stereocenters. The predicted octanol–water partition coefficient (Wildman–Crippen LogP) is 1.09. The van der Waals surface area contributed by atoms with Gasteiger partial charge in [-0.25, -0.2) is 0 Å². The summed E-state index contributed by atoms with van der Waals surface area (Å²) in [6.45, 7) is 0.679. The van der Waals surface area contributed by atoms with Gasteiger partial charge in [0, 0.05) is 17.6 Å².